The molecule has 2 fully saturated rings. The lowest BCUT2D eigenvalue weighted by molar-refractivity contribution is 0.0519. The van der Waals surface area contributed by atoms with Crippen LogP contribution in [0.4, 0.5) is 5.95 Å². The molecule has 2 aromatic rings. The molecule has 2 heterocycles. The first-order valence-corrected chi connectivity index (χ1v) is 9.71. The summed E-state index contributed by atoms with van der Waals surface area (Å²) in [6, 6.07) is 5.39. The van der Waals surface area contributed by atoms with Gasteiger partial charge >= 0.3 is 5.97 Å². The van der Waals surface area contributed by atoms with Crippen LogP contribution < -0.4 is 14.4 Å². The summed E-state index contributed by atoms with van der Waals surface area (Å²) in [4.78, 5) is 23.3. The van der Waals surface area contributed by atoms with Gasteiger partial charge < -0.3 is 19.1 Å². The number of fused-ring (bicyclic) bond motifs is 1. The number of aromatic nitrogens is 2. The largest absolute Gasteiger partial charge is 0.495 e. The van der Waals surface area contributed by atoms with Crippen molar-refractivity contribution in [3.8, 4) is 11.6 Å². The van der Waals surface area contributed by atoms with E-state index in [1.807, 2.05) is 6.07 Å². The summed E-state index contributed by atoms with van der Waals surface area (Å²) in [5.41, 5.74) is 1.05. The number of anilines is 1. The normalized spacial score (nSPS) is 19.9. The summed E-state index contributed by atoms with van der Waals surface area (Å²) >= 11 is 6.18. The van der Waals surface area contributed by atoms with E-state index in [4.69, 9.17) is 25.8 Å². The predicted octanol–water partition coefficient (Wildman–Crippen LogP) is 3.35. The van der Waals surface area contributed by atoms with E-state index in [9.17, 15) is 4.79 Å². The van der Waals surface area contributed by atoms with E-state index >= 15 is 0 Å². The van der Waals surface area contributed by atoms with Gasteiger partial charge in [0.15, 0.2) is 0 Å². The molecule has 2 atom stereocenters. The molecule has 4 rings (SSSR count). The highest BCUT2D eigenvalue weighted by atomic mass is 35.5. The highest BCUT2D eigenvalue weighted by molar-refractivity contribution is 6.32. The van der Waals surface area contributed by atoms with Crippen molar-refractivity contribution in [3.63, 3.8) is 0 Å². The van der Waals surface area contributed by atoms with Gasteiger partial charge in [0.2, 0.25) is 11.8 Å². The number of carbonyl (C=O) groups is 1. The number of esters is 1. The van der Waals surface area contributed by atoms with Crippen molar-refractivity contribution in [1.82, 2.24) is 9.97 Å². The number of nitrogens with zero attached hydrogens (tertiary/aromatic N) is 3. The van der Waals surface area contributed by atoms with Gasteiger partial charge in [-0.15, -0.1) is 0 Å². The Morgan fingerprint density at radius 3 is 2.79 bits per heavy atom. The van der Waals surface area contributed by atoms with Crippen molar-refractivity contribution < 1.29 is 19.0 Å². The average molecular weight is 404 g/mol. The number of piperidine rings is 1. The summed E-state index contributed by atoms with van der Waals surface area (Å²) in [6.07, 6.45) is 2.78. The summed E-state index contributed by atoms with van der Waals surface area (Å²) in [6.45, 7) is 4.14. The van der Waals surface area contributed by atoms with E-state index in [0.29, 0.717) is 16.7 Å². The monoisotopic (exact) mass is 403 g/mol. The first-order chi connectivity index (χ1) is 13.6. The van der Waals surface area contributed by atoms with Crippen molar-refractivity contribution >= 4 is 23.5 Å². The smallest absolute Gasteiger partial charge is 0.345 e. The molecular weight excluding hydrogens is 382 g/mol. The molecule has 148 valence electrons. The first-order valence-electron chi connectivity index (χ1n) is 9.33. The summed E-state index contributed by atoms with van der Waals surface area (Å²) in [5, 5.41) is 0.494. The van der Waals surface area contributed by atoms with Crippen LogP contribution in [0.5, 0.6) is 11.6 Å². The Morgan fingerprint density at radius 1 is 1.32 bits per heavy atom. The van der Waals surface area contributed by atoms with Crippen LogP contribution in [0.1, 0.15) is 29.3 Å². The Kier molecular flexibility index (Phi) is 5.26. The summed E-state index contributed by atoms with van der Waals surface area (Å²) in [7, 11) is 1.56. The van der Waals surface area contributed by atoms with Crippen LogP contribution in [-0.4, -0.2) is 42.7 Å². The minimum atomic E-state index is -0.499. The second-order valence-corrected chi connectivity index (χ2v) is 7.43. The molecule has 1 saturated heterocycles. The Bertz CT molecular complexity index is 882. The molecule has 0 N–H and O–H groups in total. The number of ether oxygens (including phenoxy) is 3. The van der Waals surface area contributed by atoms with E-state index in [1.54, 1.807) is 26.2 Å². The molecule has 8 heteroatoms. The van der Waals surface area contributed by atoms with Gasteiger partial charge in [-0.2, -0.15) is 4.98 Å². The van der Waals surface area contributed by atoms with Gasteiger partial charge in [-0.1, -0.05) is 17.7 Å². The standard InChI is InChI=1S/C20H22ClN3O4/c1-3-27-19(25)15-8-22-20(24-9-13-7-14(13)10-24)23-18(15)28-11-12-4-5-17(26-2)16(21)6-12/h4-6,8,13-14H,3,7,9-11H2,1-2H3. The lowest BCUT2D eigenvalue weighted by Gasteiger charge is -2.19. The van der Waals surface area contributed by atoms with Crippen LogP contribution in [-0.2, 0) is 11.3 Å². The lowest BCUT2D eigenvalue weighted by atomic mass is 10.2. The maximum atomic E-state index is 12.3. The number of benzene rings is 1. The number of rotatable bonds is 7. The second-order valence-electron chi connectivity index (χ2n) is 7.03. The molecule has 1 aromatic carbocycles. The molecule has 0 bridgehead atoms. The summed E-state index contributed by atoms with van der Waals surface area (Å²) in [5.74, 6) is 2.40. The number of carbonyl (C=O) groups excluding carboxylic acids is 1. The zero-order chi connectivity index (χ0) is 19.7. The zero-order valence-corrected chi connectivity index (χ0v) is 16.6. The molecule has 1 aliphatic heterocycles. The van der Waals surface area contributed by atoms with Crippen LogP contribution in [0.3, 0.4) is 0 Å². The fourth-order valence-corrected chi connectivity index (χ4v) is 3.76. The van der Waals surface area contributed by atoms with Gasteiger partial charge in [0.25, 0.3) is 0 Å². The summed E-state index contributed by atoms with van der Waals surface area (Å²) < 4.78 is 16.2. The average Bonchev–Trinajstić information content (AvgIpc) is 3.31. The molecule has 1 saturated carbocycles. The van der Waals surface area contributed by atoms with Gasteiger partial charge in [-0.05, 0) is 42.9 Å². The highest BCUT2D eigenvalue weighted by Gasteiger charge is 2.46. The number of hydrogen-bond acceptors (Lipinski definition) is 7. The number of methoxy groups -OCH3 is 1. The third kappa shape index (κ3) is 3.85. The Morgan fingerprint density at radius 2 is 2.11 bits per heavy atom. The highest BCUT2D eigenvalue weighted by Crippen LogP contribution is 2.45. The molecule has 28 heavy (non-hydrogen) atoms. The first kappa shape index (κ1) is 18.8. The van der Waals surface area contributed by atoms with Crippen molar-refractivity contribution in [2.45, 2.75) is 20.0 Å². The topological polar surface area (TPSA) is 73.8 Å². The van der Waals surface area contributed by atoms with Crippen molar-refractivity contribution in [3.05, 3.63) is 40.5 Å². The van der Waals surface area contributed by atoms with Crippen LogP contribution in [0.25, 0.3) is 0 Å². The molecule has 1 aliphatic carbocycles. The minimum absolute atomic E-state index is 0.206. The van der Waals surface area contributed by atoms with E-state index in [2.05, 4.69) is 14.9 Å². The maximum Gasteiger partial charge on any atom is 0.345 e. The van der Waals surface area contributed by atoms with Crippen LogP contribution in [0.2, 0.25) is 5.02 Å². The van der Waals surface area contributed by atoms with Gasteiger partial charge in [0.1, 0.15) is 17.9 Å². The third-order valence-electron chi connectivity index (χ3n) is 5.09. The zero-order valence-electron chi connectivity index (χ0n) is 15.9. The van der Waals surface area contributed by atoms with Gasteiger partial charge in [-0.3, -0.25) is 0 Å². The number of hydrogen-bond donors (Lipinski definition) is 0. The Hall–Kier alpha value is -2.54. The molecule has 1 aromatic heterocycles. The lowest BCUT2D eigenvalue weighted by Crippen LogP contribution is -2.24. The van der Waals surface area contributed by atoms with Gasteiger partial charge in [0, 0.05) is 13.1 Å². The fourth-order valence-electron chi connectivity index (χ4n) is 3.48. The van der Waals surface area contributed by atoms with Crippen LogP contribution in [0.15, 0.2) is 24.4 Å². The van der Waals surface area contributed by atoms with Gasteiger partial charge in [0.05, 0.1) is 24.9 Å². The predicted molar refractivity (Wildman–Crippen MR) is 104 cm³/mol. The quantitative estimate of drug-likeness (QED) is 0.656. The van der Waals surface area contributed by atoms with E-state index in [1.165, 1.54) is 12.6 Å². The SMILES string of the molecule is CCOC(=O)c1cnc(N2CC3CC3C2)nc1OCc1ccc(OC)c(Cl)c1. The molecule has 0 spiro atoms. The Labute approximate surface area is 168 Å². The van der Waals surface area contributed by atoms with E-state index in [-0.39, 0.29) is 24.7 Å². The van der Waals surface area contributed by atoms with Crippen molar-refractivity contribution in [2.75, 3.05) is 31.7 Å². The molecule has 7 nitrogen and oxygen atoms in total. The van der Waals surface area contributed by atoms with Crippen molar-refractivity contribution in [2.24, 2.45) is 11.8 Å². The van der Waals surface area contributed by atoms with Crippen molar-refractivity contribution in [1.29, 1.82) is 0 Å². The fraction of sp³-hybridized carbons (Fsp3) is 0.450. The molecule has 2 aliphatic rings. The molecular formula is C20H22ClN3O4. The number of halogens is 1. The van der Waals surface area contributed by atoms with E-state index < -0.39 is 5.97 Å². The van der Waals surface area contributed by atoms with E-state index in [0.717, 1.165) is 30.5 Å². The van der Waals surface area contributed by atoms with Crippen LogP contribution >= 0.6 is 11.6 Å². The van der Waals surface area contributed by atoms with Gasteiger partial charge in [-0.25, -0.2) is 9.78 Å². The second kappa shape index (κ2) is 7.83. The Balaban J connectivity index is 1.55. The molecule has 0 amide bonds. The molecule has 0 radical (unpaired) electrons. The van der Waals surface area contributed by atoms with Crippen LogP contribution in [0, 0.1) is 11.8 Å². The minimum Gasteiger partial charge on any atom is -0.495 e. The molecule has 2 unspecified atom stereocenters. The maximum absolute atomic E-state index is 12.3. The third-order valence-corrected chi connectivity index (χ3v) is 5.39.